The molecule has 4 rings (SSSR count). The number of amides is 4. The van der Waals surface area contributed by atoms with E-state index in [2.05, 4.69) is 4.98 Å². The van der Waals surface area contributed by atoms with Crippen molar-refractivity contribution < 1.29 is 32.3 Å². The van der Waals surface area contributed by atoms with E-state index in [1.807, 2.05) is 0 Å². The number of nitrogens with zero attached hydrogens (tertiary/aromatic N) is 3. The zero-order valence-electron chi connectivity index (χ0n) is 17.4. The second-order valence-corrected chi connectivity index (χ2v) is 7.95. The maximum atomic E-state index is 12.9. The number of urea groups is 1. The van der Waals surface area contributed by atoms with Crippen molar-refractivity contribution in [3.8, 4) is 5.88 Å². The first-order chi connectivity index (χ1) is 15.6. The van der Waals surface area contributed by atoms with E-state index in [0.717, 1.165) is 12.1 Å². The molecule has 2 aromatic rings. The Balaban J connectivity index is 1.39. The Labute approximate surface area is 187 Å². The second-order valence-electron chi connectivity index (χ2n) is 7.95. The highest BCUT2D eigenvalue weighted by molar-refractivity contribution is 6.12. The summed E-state index contributed by atoms with van der Waals surface area (Å²) in [4.78, 5) is 43.4. The molecular formula is C22H21F3N4O4. The third-order valence-corrected chi connectivity index (χ3v) is 5.83. The van der Waals surface area contributed by atoms with E-state index in [-0.39, 0.29) is 35.8 Å². The van der Waals surface area contributed by atoms with Gasteiger partial charge >= 0.3 is 12.2 Å². The molecule has 1 saturated heterocycles. The minimum Gasteiger partial charge on any atom is -0.474 e. The van der Waals surface area contributed by atoms with Gasteiger partial charge < -0.3 is 10.5 Å². The Hall–Kier alpha value is -3.63. The topological polar surface area (TPSA) is 106 Å². The maximum absolute atomic E-state index is 12.9. The molecule has 8 nitrogen and oxygen atoms in total. The summed E-state index contributed by atoms with van der Waals surface area (Å²) < 4.78 is 44.2. The van der Waals surface area contributed by atoms with Gasteiger partial charge in [0.25, 0.3) is 11.8 Å². The monoisotopic (exact) mass is 462 g/mol. The molecule has 0 spiro atoms. The minimum atomic E-state index is -4.48. The van der Waals surface area contributed by atoms with Crippen molar-refractivity contribution >= 4 is 23.5 Å². The van der Waals surface area contributed by atoms with Crippen molar-refractivity contribution in [3.63, 3.8) is 0 Å². The Morgan fingerprint density at radius 1 is 1.06 bits per heavy atom. The molecule has 0 atom stereocenters. The lowest BCUT2D eigenvalue weighted by Crippen LogP contribution is -2.44. The molecule has 2 fully saturated rings. The normalized spacial score (nSPS) is 21.4. The average molecular weight is 462 g/mol. The molecule has 1 aromatic carbocycles. The van der Waals surface area contributed by atoms with Gasteiger partial charge in [0.2, 0.25) is 5.88 Å². The number of nitrogens with two attached hydrogens (primary N) is 1. The van der Waals surface area contributed by atoms with Crippen LogP contribution in [0.15, 0.2) is 42.6 Å². The summed E-state index contributed by atoms with van der Waals surface area (Å²) in [6, 6.07) is 6.35. The largest absolute Gasteiger partial charge is 0.474 e. The van der Waals surface area contributed by atoms with E-state index < -0.39 is 29.6 Å². The SMILES string of the molecule is NC(=O)c1cccnc1O[C@H]1CC[C@H](N2C(=O)CN(c3ccc(C(F)(F)F)cc3)C2=O)CC1. The zero-order valence-corrected chi connectivity index (χ0v) is 17.4. The van der Waals surface area contributed by atoms with Crippen LogP contribution < -0.4 is 15.4 Å². The molecule has 0 radical (unpaired) electrons. The Bertz CT molecular complexity index is 1070. The summed E-state index contributed by atoms with van der Waals surface area (Å²) in [5.74, 6) is -0.899. The van der Waals surface area contributed by atoms with Crippen molar-refractivity contribution in [2.45, 2.75) is 44.0 Å². The number of imide groups is 1. The fourth-order valence-corrected chi connectivity index (χ4v) is 4.16. The number of pyridine rings is 1. The highest BCUT2D eigenvalue weighted by Gasteiger charge is 2.42. The number of aromatic nitrogens is 1. The summed E-state index contributed by atoms with van der Waals surface area (Å²) in [6.45, 7) is -0.226. The van der Waals surface area contributed by atoms with Gasteiger partial charge in [0.05, 0.1) is 5.56 Å². The standard InChI is InChI=1S/C22H21F3N4O4/c23-22(24,25)13-3-5-14(6-4-13)28-12-18(30)29(21(28)32)15-7-9-16(10-8-15)33-20-17(19(26)31)2-1-11-27-20/h1-6,11,15-16H,7-10,12H2,(H2,26,31)/t15-,16-. The van der Waals surface area contributed by atoms with Crippen LogP contribution >= 0.6 is 0 Å². The van der Waals surface area contributed by atoms with Gasteiger partial charge in [0, 0.05) is 17.9 Å². The summed E-state index contributed by atoms with van der Waals surface area (Å²) in [5.41, 5.74) is 4.93. The van der Waals surface area contributed by atoms with Crippen LogP contribution in [-0.2, 0) is 11.0 Å². The summed E-state index contributed by atoms with van der Waals surface area (Å²) in [5, 5.41) is 0. The molecule has 0 bridgehead atoms. The van der Waals surface area contributed by atoms with Crippen molar-refractivity contribution in [2.24, 2.45) is 5.73 Å². The fourth-order valence-electron chi connectivity index (χ4n) is 4.16. The molecule has 2 N–H and O–H groups in total. The zero-order chi connectivity index (χ0) is 23.8. The minimum absolute atomic E-state index is 0.148. The molecular weight excluding hydrogens is 441 g/mol. The summed E-state index contributed by atoms with van der Waals surface area (Å²) in [7, 11) is 0. The average Bonchev–Trinajstić information content (AvgIpc) is 3.08. The van der Waals surface area contributed by atoms with Crippen LogP contribution in [0.5, 0.6) is 5.88 Å². The van der Waals surface area contributed by atoms with Crippen LogP contribution in [0, 0.1) is 0 Å². The third kappa shape index (κ3) is 4.62. The van der Waals surface area contributed by atoms with Crippen LogP contribution in [0.4, 0.5) is 23.7 Å². The third-order valence-electron chi connectivity index (χ3n) is 5.83. The Morgan fingerprint density at radius 2 is 1.73 bits per heavy atom. The number of halogens is 3. The highest BCUT2D eigenvalue weighted by atomic mass is 19.4. The molecule has 2 heterocycles. The van der Waals surface area contributed by atoms with E-state index >= 15 is 0 Å². The molecule has 0 unspecified atom stereocenters. The van der Waals surface area contributed by atoms with Gasteiger partial charge in [-0.15, -0.1) is 0 Å². The van der Waals surface area contributed by atoms with Gasteiger partial charge in [-0.2, -0.15) is 13.2 Å². The molecule has 11 heteroatoms. The van der Waals surface area contributed by atoms with Crippen LogP contribution in [-0.4, -0.2) is 46.4 Å². The van der Waals surface area contributed by atoms with E-state index in [0.29, 0.717) is 25.7 Å². The number of anilines is 1. The highest BCUT2D eigenvalue weighted by Crippen LogP contribution is 2.33. The van der Waals surface area contributed by atoms with Gasteiger partial charge in [0.15, 0.2) is 0 Å². The Kier molecular flexibility index (Phi) is 5.96. The Morgan fingerprint density at radius 3 is 2.33 bits per heavy atom. The van der Waals surface area contributed by atoms with Crippen molar-refractivity contribution in [1.82, 2.24) is 9.88 Å². The predicted molar refractivity (Wildman–Crippen MR) is 110 cm³/mol. The van der Waals surface area contributed by atoms with Gasteiger partial charge in [-0.1, -0.05) is 0 Å². The lowest BCUT2D eigenvalue weighted by atomic mass is 9.92. The number of alkyl halides is 3. The van der Waals surface area contributed by atoms with Crippen LogP contribution in [0.25, 0.3) is 0 Å². The molecule has 4 amide bonds. The van der Waals surface area contributed by atoms with Gasteiger partial charge in [0.1, 0.15) is 18.2 Å². The van der Waals surface area contributed by atoms with Gasteiger partial charge in [-0.25, -0.2) is 9.78 Å². The quantitative estimate of drug-likeness (QED) is 0.686. The fraction of sp³-hybridized carbons (Fsp3) is 0.364. The number of ether oxygens (including phenoxy) is 1. The molecule has 1 saturated carbocycles. The lowest BCUT2D eigenvalue weighted by molar-refractivity contribution is -0.137. The van der Waals surface area contributed by atoms with E-state index in [1.165, 1.54) is 34.2 Å². The number of primary amides is 1. The number of rotatable bonds is 5. The number of hydrogen-bond donors (Lipinski definition) is 1. The first-order valence-electron chi connectivity index (χ1n) is 10.4. The lowest BCUT2D eigenvalue weighted by Gasteiger charge is -2.33. The summed E-state index contributed by atoms with van der Waals surface area (Å²) >= 11 is 0. The molecule has 2 aliphatic rings. The smallest absolute Gasteiger partial charge is 0.416 e. The molecule has 1 aliphatic heterocycles. The number of benzene rings is 1. The van der Waals surface area contributed by atoms with Crippen molar-refractivity contribution in [1.29, 1.82) is 0 Å². The second kappa shape index (κ2) is 8.72. The first-order valence-corrected chi connectivity index (χ1v) is 10.4. The number of hydrogen-bond acceptors (Lipinski definition) is 5. The molecule has 174 valence electrons. The first kappa shape index (κ1) is 22.6. The number of carbonyl (C=O) groups excluding carboxylic acids is 3. The van der Waals surface area contributed by atoms with Crippen LogP contribution in [0.1, 0.15) is 41.6 Å². The van der Waals surface area contributed by atoms with E-state index in [1.54, 1.807) is 6.07 Å². The predicted octanol–water partition coefficient (Wildman–Crippen LogP) is 3.36. The van der Waals surface area contributed by atoms with E-state index in [9.17, 15) is 27.6 Å². The molecule has 1 aromatic heterocycles. The van der Waals surface area contributed by atoms with E-state index in [4.69, 9.17) is 10.5 Å². The summed E-state index contributed by atoms with van der Waals surface area (Å²) in [6.07, 6.45) is -1.22. The van der Waals surface area contributed by atoms with Crippen LogP contribution in [0.3, 0.4) is 0 Å². The van der Waals surface area contributed by atoms with Gasteiger partial charge in [-0.3, -0.25) is 19.4 Å². The number of carbonyl (C=O) groups is 3. The van der Waals surface area contributed by atoms with Crippen molar-refractivity contribution in [2.75, 3.05) is 11.4 Å². The van der Waals surface area contributed by atoms with Gasteiger partial charge in [-0.05, 0) is 62.1 Å². The molecule has 1 aliphatic carbocycles. The maximum Gasteiger partial charge on any atom is 0.416 e. The molecule has 33 heavy (non-hydrogen) atoms. The van der Waals surface area contributed by atoms with Crippen LogP contribution in [0.2, 0.25) is 0 Å². The van der Waals surface area contributed by atoms with Crippen molar-refractivity contribution in [3.05, 3.63) is 53.7 Å².